The average molecular weight is 280 g/mol. The lowest BCUT2D eigenvalue weighted by Crippen LogP contribution is -1.96. The molecule has 0 spiro atoms. The molecule has 2 rings (SSSR count). The first kappa shape index (κ1) is 10.9. The summed E-state index contributed by atoms with van der Waals surface area (Å²) in [7, 11) is 1.64. The van der Waals surface area contributed by atoms with Crippen LogP contribution in [0.25, 0.3) is 0 Å². The number of methoxy groups -OCH3 is 1. The second-order valence-electron chi connectivity index (χ2n) is 3.06. The molecular weight excluding hydrogens is 270 g/mol. The number of hydrogen-bond acceptors (Lipinski definition) is 4. The Balaban J connectivity index is 2.14. The molecule has 0 radical (unpaired) electrons. The van der Waals surface area contributed by atoms with Crippen molar-refractivity contribution >= 4 is 27.6 Å². The number of hydrogen-bond donors (Lipinski definition) is 1. The SMILES string of the molecule is COc1ccc(Nc2nccc(Br)n2)cc1. The lowest BCUT2D eigenvalue weighted by atomic mass is 10.3. The Bertz CT molecular complexity index is 473. The van der Waals surface area contributed by atoms with Gasteiger partial charge in [0.15, 0.2) is 0 Å². The first-order chi connectivity index (χ1) is 7.78. The zero-order valence-corrected chi connectivity index (χ0v) is 10.2. The van der Waals surface area contributed by atoms with Gasteiger partial charge in [0.05, 0.1) is 7.11 Å². The highest BCUT2D eigenvalue weighted by Gasteiger charge is 1.98. The van der Waals surface area contributed by atoms with Crippen molar-refractivity contribution < 1.29 is 4.74 Å². The summed E-state index contributed by atoms with van der Waals surface area (Å²) in [5, 5.41) is 3.09. The Hall–Kier alpha value is -1.62. The molecule has 5 heteroatoms. The molecule has 0 unspecified atom stereocenters. The fourth-order valence-electron chi connectivity index (χ4n) is 1.20. The van der Waals surface area contributed by atoms with Crippen molar-refractivity contribution in [2.75, 3.05) is 12.4 Å². The molecule has 0 aliphatic heterocycles. The molecular formula is C11H10BrN3O. The summed E-state index contributed by atoms with van der Waals surface area (Å²) in [6.07, 6.45) is 1.68. The van der Waals surface area contributed by atoms with Gasteiger partial charge in [-0.25, -0.2) is 9.97 Å². The molecule has 1 aromatic carbocycles. The third-order valence-electron chi connectivity index (χ3n) is 1.97. The van der Waals surface area contributed by atoms with Crippen LogP contribution in [0, 0.1) is 0 Å². The number of ether oxygens (including phenoxy) is 1. The third-order valence-corrected chi connectivity index (χ3v) is 2.41. The molecule has 1 N–H and O–H groups in total. The summed E-state index contributed by atoms with van der Waals surface area (Å²) in [5.74, 6) is 1.38. The molecule has 2 aromatic rings. The van der Waals surface area contributed by atoms with Crippen molar-refractivity contribution in [3.63, 3.8) is 0 Å². The van der Waals surface area contributed by atoms with E-state index in [4.69, 9.17) is 4.74 Å². The smallest absolute Gasteiger partial charge is 0.228 e. The number of nitrogens with zero attached hydrogens (tertiary/aromatic N) is 2. The number of halogens is 1. The van der Waals surface area contributed by atoms with Crippen LogP contribution < -0.4 is 10.1 Å². The maximum absolute atomic E-state index is 5.07. The van der Waals surface area contributed by atoms with Gasteiger partial charge in [0, 0.05) is 11.9 Å². The largest absolute Gasteiger partial charge is 0.497 e. The monoisotopic (exact) mass is 279 g/mol. The van der Waals surface area contributed by atoms with E-state index >= 15 is 0 Å². The van der Waals surface area contributed by atoms with Crippen molar-refractivity contribution in [2.24, 2.45) is 0 Å². The van der Waals surface area contributed by atoms with Gasteiger partial charge in [0.25, 0.3) is 0 Å². The lowest BCUT2D eigenvalue weighted by molar-refractivity contribution is 0.415. The number of nitrogens with one attached hydrogen (secondary N) is 1. The van der Waals surface area contributed by atoms with E-state index in [-0.39, 0.29) is 0 Å². The Morgan fingerprint density at radius 1 is 1.19 bits per heavy atom. The van der Waals surface area contributed by atoms with Crippen molar-refractivity contribution in [3.05, 3.63) is 41.1 Å². The molecule has 1 heterocycles. The minimum atomic E-state index is 0.555. The van der Waals surface area contributed by atoms with Crippen molar-refractivity contribution in [2.45, 2.75) is 0 Å². The van der Waals surface area contributed by atoms with Crippen LogP contribution in [0.3, 0.4) is 0 Å². The molecule has 1 aromatic heterocycles. The van der Waals surface area contributed by atoms with Crippen LogP contribution in [0.4, 0.5) is 11.6 Å². The Morgan fingerprint density at radius 3 is 2.56 bits per heavy atom. The summed E-state index contributed by atoms with van der Waals surface area (Å²) in [6.45, 7) is 0. The number of aromatic nitrogens is 2. The van der Waals surface area contributed by atoms with Gasteiger partial charge in [0.1, 0.15) is 10.4 Å². The second kappa shape index (κ2) is 4.94. The van der Waals surface area contributed by atoms with Gasteiger partial charge in [-0.2, -0.15) is 0 Å². The van der Waals surface area contributed by atoms with Crippen LogP contribution >= 0.6 is 15.9 Å². The molecule has 16 heavy (non-hydrogen) atoms. The number of anilines is 2. The first-order valence-corrected chi connectivity index (χ1v) is 5.47. The zero-order valence-electron chi connectivity index (χ0n) is 8.64. The lowest BCUT2D eigenvalue weighted by Gasteiger charge is -2.05. The number of rotatable bonds is 3. The van der Waals surface area contributed by atoms with Crippen LogP contribution in [0.15, 0.2) is 41.1 Å². The Labute approximate surface area is 102 Å². The molecule has 82 valence electrons. The van der Waals surface area contributed by atoms with Gasteiger partial charge in [0.2, 0.25) is 5.95 Å². The molecule has 0 aliphatic carbocycles. The van der Waals surface area contributed by atoms with Crippen LogP contribution in [-0.2, 0) is 0 Å². The van der Waals surface area contributed by atoms with Crippen LogP contribution in [-0.4, -0.2) is 17.1 Å². The maximum Gasteiger partial charge on any atom is 0.228 e. The highest BCUT2D eigenvalue weighted by Crippen LogP contribution is 2.18. The average Bonchev–Trinajstić information content (AvgIpc) is 2.30. The van der Waals surface area contributed by atoms with Gasteiger partial charge < -0.3 is 10.1 Å². The summed E-state index contributed by atoms with van der Waals surface area (Å²) in [4.78, 5) is 8.27. The van der Waals surface area contributed by atoms with E-state index in [2.05, 4.69) is 31.2 Å². The summed E-state index contributed by atoms with van der Waals surface area (Å²) in [5.41, 5.74) is 0.916. The van der Waals surface area contributed by atoms with E-state index in [0.717, 1.165) is 16.0 Å². The minimum Gasteiger partial charge on any atom is -0.497 e. The van der Waals surface area contributed by atoms with Crippen molar-refractivity contribution in [3.8, 4) is 5.75 Å². The van der Waals surface area contributed by atoms with E-state index in [9.17, 15) is 0 Å². The molecule has 0 bridgehead atoms. The van der Waals surface area contributed by atoms with E-state index in [1.165, 1.54) is 0 Å². The molecule has 0 amide bonds. The zero-order chi connectivity index (χ0) is 11.4. The fraction of sp³-hybridized carbons (Fsp3) is 0.0909. The predicted octanol–water partition coefficient (Wildman–Crippen LogP) is 2.99. The minimum absolute atomic E-state index is 0.555. The molecule has 4 nitrogen and oxygen atoms in total. The van der Waals surface area contributed by atoms with Crippen molar-refractivity contribution in [1.29, 1.82) is 0 Å². The van der Waals surface area contributed by atoms with E-state index in [1.54, 1.807) is 19.4 Å². The first-order valence-electron chi connectivity index (χ1n) is 4.67. The summed E-state index contributed by atoms with van der Waals surface area (Å²) < 4.78 is 5.82. The topological polar surface area (TPSA) is 47.0 Å². The van der Waals surface area contributed by atoms with Crippen LogP contribution in [0.5, 0.6) is 5.75 Å². The van der Waals surface area contributed by atoms with Gasteiger partial charge in [-0.1, -0.05) is 0 Å². The molecule has 0 atom stereocenters. The summed E-state index contributed by atoms with van der Waals surface area (Å²) >= 11 is 3.29. The van der Waals surface area contributed by atoms with Gasteiger partial charge >= 0.3 is 0 Å². The van der Waals surface area contributed by atoms with E-state index in [0.29, 0.717) is 5.95 Å². The van der Waals surface area contributed by atoms with Crippen LogP contribution in [0.1, 0.15) is 0 Å². The molecule has 0 saturated carbocycles. The molecule has 0 aliphatic rings. The molecule has 0 saturated heterocycles. The fourth-order valence-corrected chi connectivity index (χ4v) is 1.49. The highest BCUT2D eigenvalue weighted by molar-refractivity contribution is 9.10. The van der Waals surface area contributed by atoms with Gasteiger partial charge in [-0.3, -0.25) is 0 Å². The standard InChI is InChI=1S/C11H10BrN3O/c1-16-9-4-2-8(3-5-9)14-11-13-7-6-10(12)15-11/h2-7H,1H3,(H,13,14,15). The van der Waals surface area contributed by atoms with Crippen molar-refractivity contribution in [1.82, 2.24) is 9.97 Å². The predicted molar refractivity (Wildman–Crippen MR) is 66.0 cm³/mol. The van der Waals surface area contributed by atoms with E-state index in [1.807, 2.05) is 24.3 Å². The summed E-state index contributed by atoms with van der Waals surface area (Å²) in [6, 6.07) is 9.34. The van der Waals surface area contributed by atoms with Gasteiger partial charge in [-0.05, 0) is 46.3 Å². The van der Waals surface area contributed by atoms with E-state index < -0.39 is 0 Å². The highest BCUT2D eigenvalue weighted by atomic mass is 79.9. The normalized spacial score (nSPS) is 9.88. The quantitative estimate of drug-likeness (QED) is 0.878. The molecule has 0 fully saturated rings. The second-order valence-corrected chi connectivity index (χ2v) is 3.87. The van der Waals surface area contributed by atoms with Crippen LogP contribution in [0.2, 0.25) is 0 Å². The Morgan fingerprint density at radius 2 is 1.94 bits per heavy atom. The number of benzene rings is 1. The van der Waals surface area contributed by atoms with Gasteiger partial charge in [-0.15, -0.1) is 0 Å². The third kappa shape index (κ3) is 2.70. The Kier molecular flexibility index (Phi) is 3.36. The maximum atomic E-state index is 5.07.